The summed E-state index contributed by atoms with van der Waals surface area (Å²) in [4.78, 5) is 20.6. The molecule has 1 atom stereocenters. The van der Waals surface area contributed by atoms with Crippen molar-refractivity contribution in [3.05, 3.63) is 51.7 Å². The smallest absolute Gasteiger partial charge is 0.234 e. The van der Waals surface area contributed by atoms with Gasteiger partial charge in [-0.15, -0.1) is 22.7 Å². The maximum atomic E-state index is 12.3. The van der Waals surface area contributed by atoms with E-state index in [2.05, 4.69) is 34.5 Å². The van der Waals surface area contributed by atoms with Gasteiger partial charge in [0.15, 0.2) is 0 Å². The molecule has 1 fully saturated rings. The number of carbonyl (C=O) groups excluding carboxylic acids is 1. The molecule has 1 N–H and O–H groups in total. The Kier molecular flexibility index (Phi) is 5.33. The van der Waals surface area contributed by atoms with E-state index in [-0.39, 0.29) is 11.9 Å². The van der Waals surface area contributed by atoms with Gasteiger partial charge in [-0.05, 0) is 56.4 Å². The largest absolute Gasteiger partial charge is 0.348 e. The van der Waals surface area contributed by atoms with E-state index in [1.807, 2.05) is 35.8 Å². The highest BCUT2D eigenvalue weighted by atomic mass is 32.1. The Morgan fingerprint density at radius 1 is 1.27 bits per heavy atom. The summed E-state index contributed by atoms with van der Waals surface area (Å²) in [6, 6.07) is 12.5. The van der Waals surface area contributed by atoms with Gasteiger partial charge in [0.2, 0.25) is 5.91 Å². The number of benzene rings is 1. The first kappa shape index (κ1) is 17.6. The van der Waals surface area contributed by atoms with E-state index < -0.39 is 0 Å². The number of fused-ring (bicyclic) bond motifs is 1. The third-order valence-corrected chi connectivity index (χ3v) is 7.22. The Hall–Kier alpha value is -1.76. The molecule has 1 saturated heterocycles. The zero-order chi connectivity index (χ0) is 17.9. The molecular weight excluding hydrogens is 362 g/mol. The molecule has 4 nitrogen and oxygen atoms in total. The van der Waals surface area contributed by atoms with E-state index in [0.717, 1.165) is 31.4 Å². The van der Waals surface area contributed by atoms with Crippen molar-refractivity contribution in [3.8, 4) is 0 Å². The van der Waals surface area contributed by atoms with Gasteiger partial charge in [0.05, 0.1) is 27.8 Å². The molecule has 0 aliphatic carbocycles. The topological polar surface area (TPSA) is 45.2 Å². The van der Waals surface area contributed by atoms with E-state index >= 15 is 0 Å². The molecule has 1 aliphatic rings. The fraction of sp³-hybridized carbons (Fsp3) is 0.400. The van der Waals surface area contributed by atoms with Crippen LogP contribution in [0, 0.1) is 0 Å². The van der Waals surface area contributed by atoms with Crippen LogP contribution in [-0.2, 0) is 4.79 Å². The Balaban J connectivity index is 1.28. The summed E-state index contributed by atoms with van der Waals surface area (Å²) in [6.45, 7) is 4.45. The van der Waals surface area contributed by atoms with Crippen LogP contribution < -0.4 is 5.32 Å². The minimum atomic E-state index is 0.0859. The summed E-state index contributed by atoms with van der Waals surface area (Å²) in [5.41, 5.74) is 1.11. The molecule has 0 radical (unpaired) electrons. The van der Waals surface area contributed by atoms with Crippen LogP contribution in [0.2, 0.25) is 0 Å². The van der Waals surface area contributed by atoms with Crippen LogP contribution in [-0.4, -0.2) is 35.4 Å². The lowest BCUT2D eigenvalue weighted by molar-refractivity contribution is -0.123. The number of nitrogens with one attached hydrogen (secondary N) is 1. The minimum Gasteiger partial charge on any atom is -0.348 e. The SMILES string of the molecule is C[C@H](NC(=O)CN1CCC(c2nc3ccccc3s2)CC1)c1cccs1. The fourth-order valence-corrected chi connectivity index (χ4v) is 5.37. The maximum Gasteiger partial charge on any atom is 0.234 e. The van der Waals surface area contributed by atoms with Crippen molar-refractivity contribution in [2.24, 2.45) is 0 Å². The number of carbonyl (C=O) groups is 1. The van der Waals surface area contributed by atoms with Gasteiger partial charge in [-0.2, -0.15) is 0 Å². The van der Waals surface area contributed by atoms with Crippen LogP contribution >= 0.6 is 22.7 Å². The van der Waals surface area contributed by atoms with Crippen molar-refractivity contribution in [1.82, 2.24) is 15.2 Å². The first-order valence-corrected chi connectivity index (χ1v) is 10.8. The molecule has 0 saturated carbocycles. The zero-order valence-electron chi connectivity index (χ0n) is 14.9. The maximum absolute atomic E-state index is 12.3. The highest BCUT2D eigenvalue weighted by Crippen LogP contribution is 2.33. The molecule has 3 heterocycles. The average molecular weight is 386 g/mol. The minimum absolute atomic E-state index is 0.0859. The highest BCUT2D eigenvalue weighted by Gasteiger charge is 2.24. The first-order valence-electron chi connectivity index (χ1n) is 9.09. The number of thiazole rings is 1. The Labute approximate surface area is 161 Å². The van der Waals surface area contributed by atoms with Gasteiger partial charge < -0.3 is 5.32 Å². The second-order valence-electron chi connectivity index (χ2n) is 6.87. The van der Waals surface area contributed by atoms with Crippen molar-refractivity contribution in [3.63, 3.8) is 0 Å². The number of aromatic nitrogens is 1. The lowest BCUT2D eigenvalue weighted by atomic mass is 9.97. The van der Waals surface area contributed by atoms with Crippen LogP contribution in [0.3, 0.4) is 0 Å². The third-order valence-electron chi connectivity index (χ3n) is 4.96. The molecule has 1 aromatic carbocycles. The van der Waals surface area contributed by atoms with Crippen LogP contribution in [0.1, 0.15) is 41.6 Å². The molecular formula is C20H23N3OS2. The van der Waals surface area contributed by atoms with E-state index in [4.69, 9.17) is 4.98 Å². The monoisotopic (exact) mass is 385 g/mol. The standard InChI is InChI=1S/C20H23N3OS2/c1-14(17-7-4-12-25-17)21-19(24)13-23-10-8-15(9-11-23)20-22-16-5-2-3-6-18(16)26-20/h2-7,12,14-15H,8-11,13H2,1H3,(H,21,24)/t14-/m0/s1. The molecule has 0 unspecified atom stereocenters. The van der Waals surface area contributed by atoms with Gasteiger partial charge in [-0.25, -0.2) is 4.98 Å². The molecule has 26 heavy (non-hydrogen) atoms. The predicted molar refractivity (Wildman–Crippen MR) is 109 cm³/mol. The predicted octanol–water partition coefficient (Wildman–Crippen LogP) is 4.41. The summed E-state index contributed by atoms with van der Waals surface area (Å²) < 4.78 is 1.27. The summed E-state index contributed by atoms with van der Waals surface area (Å²) in [6.07, 6.45) is 2.15. The third kappa shape index (κ3) is 3.98. The number of hydrogen-bond donors (Lipinski definition) is 1. The average Bonchev–Trinajstić information content (AvgIpc) is 3.32. The number of hydrogen-bond acceptors (Lipinski definition) is 5. The number of thiophene rings is 1. The summed E-state index contributed by atoms with van der Waals surface area (Å²) >= 11 is 3.50. The second kappa shape index (κ2) is 7.86. The van der Waals surface area contributed by atoms with Crippen molar-refractivity contribution < 1.29 is 4.79 Å². The number of nitrogens with zero attached hydrogens (tertiary/aromatic N) is 2. The number of amides is 1. The molecule has 4 rings (SSSR count). The quantitative estimate of drug-likeness (QED) is 0.707. The van der Waals surface area contributed by atoms with Gasteiger partial charge in [0, 0.05) is 10.8 Å². The molecule has 136 valence electrons. The fourth-order valence-electron chi connectivity index (χ4n) is 3.50. The van der Waals surface area contributed by atoms with E-state index in [1.165, 1.54) is 14.6 Å². The van der Waals surface area contributed by atoms with E-state index in [9.17, 15) is 4.79 Å². The molecule has 3 aromatic rings. The molecule has 1 aliphatic heterocycles. The number of rotatable bonds is 5. The van der Waals surface area contributed by atoms with Gasteiger partial charge in [-0.3, -0.25) is 9.69 Å². The number of likely N-dealkylation sites (tertiary alicyclic amines) is 1. The molecule has 0 bridgehead atoms. The van der Waals surface area contributed by atoms with Crippen molar-refractivity contribution in [2.45, 2.75) is 31.7 Å². The van der Waals surface area contributed by atoms with Crippen LogP contribution in [0.5, 0.6) is 0 Å². The van der Waals surface area contributed by atoms with Gasteiger partial charge in [0.25, 0.3) is 0 Å². The first-order chi connectivity index (χ1) is 12.7. The Bertz CT molecular complexity index is 833. The second-order valence-corrected chi connectivity index (χ2v) is 8.92. The lowest BCUT2D eigenvalue weighted by Crippen LogP contribution is -2.41. The summed E-state index contributed by atoms with van der Waals surface area (Å²) in [7, 11) is 0. The summed E-state index contributed by atoms with van der Waals surface area (Å²) in [5.74, 6) is 0.640. The Morgan fingerprint density at radius 2 is 2.08 bits per heavy atom. The van der Waals surface area contributed by atoms with Crippen molar-refractivity contribution in [1.29, 1.82) is 0 Å². The van der Waals surface area contributed by atoms with Crippen molar-refractivity contribution >= 4 is 38.8 Å². The lowest BCUT2D eigenvalue weighted by Gasteiger charge is -2.30. The normalized spacial score (nSPS) is 17.4. The van der Waals surface area contributed by atoms with Gasteiger partial charge in [-0.1, -0.05) is 18.2 Å². The number of para-hydroxylation sites is 1. The molecule has 2 aromatic heterocycles. The summed E-state index contributed by atoms with van der Waals surface area (Å²) in [5, 5.41) is 6.41. The van der Waals surface area contributed by atoms with E-state index in [0.29, 0.717) is 12.5 Å². The van der Waals surface area contributed by atoms with E-state index in [1.54, 1.807) is 11.3 Å². The zero-order valence-corrected chi connectivity index (χ0v) is 16.5. The van der Waals surface area contributed by atoms with Gasteiger partial charge >= 0.3 is 0 Å². The van der Waals surface area contributed by atoms with Crippen molar-refractivity contribution in [2.75, 3.05) is 19.6 Å². The molecule has 1 amide bonds. The molecule has 6 heteroatoms. The van der Waals surface area contributed by atoms with Crippen LogP contribution in [0.25, 0.3) is 10.2 Å². The number of piperidine rings is 1. The molecule has 0 spiro atoms. The van der Waals surface area contributed by atoms with Gasteiger partial charge in [0.1, 0.15) is 0 Å². The van der Waals surface area contributed by atoms with Crippen LogP contribution in [0.15, 0.2) is 41.8 Å². The van der Waals surface area contributed by atoms with Crippen LogP contribution in [0.4, 0.5) is 0 Å². The Morgan fingerprint density at radius 3 is 2.81 bits per heavy atom. The highest BCUT2D eigenvalue weighted by molar-refractivity contribution is 7.18.